The van der Waals surface area contributed by atoms with Gasteiger partial charge in [-0.3, -0.25) is 5.41 Å². The van der Waals surface area contributed by atoms with E-state index in [9.17, 15) is 0 Å². The van der Waals surface area contributed by atoms with Crippen LogP contribution in [0.25, 0.3) is 0 Å². The molecule has 1 unspecified atom stereocenters. The highest BCUT2D eigenvalue weighted by molar-refractivity contribution is 5.96. The highest BCUT2D eigenvalue weighted by atomic mass is 16.5. The number of nitrogens with two attached hydrogens (primary N) is 1. The molecule has 0 bridgehead atoms. The zero-order valence-corrected chi connectivity index (χ0v) is 12.3. The third-order valence-electron chi connectivity index (χ3n) is 3.52. The number of hydrogen-bond donors (Lipinski definition) is 2. The van der Waals surface area contributed by atoms with E-state index >= 15 is 0 Å². The normalized spacial score (nSPS) is 12.2. The number of rotatable bonds is 8. The summed E-state index contributed by atoms with van der Waals surface area (Å²) >= 11 is 0. The summed E-state index contributed by atoms with van der Waals surface area (Å²) in [6.07, 6.45) is 4.90. The maximum Gasteiger partial charge on any atom is 0.123 e. The van der Waals surface area contributed by atoms with Gasteiger partial charge in [0, 0.05) is 5.56 Å². The molecule has 3 nitrogen and oxygen atoms in total. The molecule has 0 aliphatic rings. The van der Waals surface area contributed by atoms with Gasteiger partial charge in [0.15, 0.2) is 0 Å². The van der Waals surface area contributed by atoms with E-state index in [0.717, 1.165) is 29.9 Å². The Morgan fingerprint density at radius 3 is 2.63 bits per heavy atom. The largest absolute Gasteiger partial charge is 0.493 e. The lowest BCUT2D eigenvalue weighted by Gasteiger charge is -2.16. The molecule has 1 atom stereocenters. The summed E-state index contributed by atoms with van der Waals surface area (Å²) in [5.74, 6) is 1.61. The predicted molar refractivity (Wildman–Crippen MR) is 81.0 cm³/mol. The first-order valence-corrected chi connectivity index (χ1v) is 7.16. The SMILES string of the molecule is CCCCC(CC)COc1ccc(C(=N)N)c(C)c1. The second-order valence-electron chi connectivity index (χ2n) is 5.12. The van der Waals surface area contributed by atoms with Crippen molar-refractivity contribution < 1.29 is 4.74 Å². The molecule has 0 aliphatic carbocycles. The number of hydrogen-bond acceptors (Lipinski definition) is 2. The van der Waals surface area contributed by atoms with E-state index in [0.29, 0.717) is 5.92 Å². The van der Waals surface area contributed by atoms with Gasteiger partial charge in [-0.15, -0.1) is 0 Å². The summed E-state index contributed by atoms with van der Waals surface area (Å²) in [5.41, 5.74) is 7.28. The van der Waals surface area contributed by atoms with Gasteiger partial charge in [0.2, 0.25) is 0 Å². The van der Waals surface area contributed by atoms with Crippen molar-refractivity contribution in [3.63, 3.8) is 0 Å². The molecule has 0 amide bonds. The molecule has 0 saturated heterocycles. The van der Waals surface area contributed by atoms with Crippen molar-refractivity contribution in [2.24, 2.45) is 11.7 Å². The zero-order valence-electron chi connectivity index (χ0n) is 12.3. The Bertz CT molecular complexity index is 415. The van der Waals surface area contributed by atoms with Crippen LogP contribution in [0, 0.1) is 18.3 Å². The molecule has 3 N–H and O–H groups in total. The quantitative estimate of drug-likeness (QED) is 0.552. The fourth-order valence-electron chi connectivity index (χ4n) is 2.14. The molecule has 0 aliphatic heterocycles. The second kappa shape index (κ2) is 7.82. The van der Waals surface area contributed by atoms with E-state index in [1.54, 1.807) is 0 Å². The van der Waals surface area contributed by atoms with Crippen molar-refractivity contribution in [3.8, 4) is 5.75 Å². The minimum Gasteiger partial charge on any atom is -0.493 e. The monoisotopic (exact) mass is 262 g/mol. The first kappa shape index (κ1) is 15.5. The van der Waals surface area contributed by atoms with Gasteiger partial charge < -0.3 is 10.5 Å². The number of ether oxygens (including phenoxy) is 1. The van der Waals surface area contributed by atoms with E-state index in [-0.39, 0.29) is 5.84 Å². The third kappa shape index (κ3) is 4.93. The van der Waals surface area contributed by atoms with Crippen LogP contribution in [-0.2, 0) is 0 Å². The Labute approximate surface area is 116 Å². The molecule has 0 saturated carbocycles. The summed E-state index contributed by atoms with van der Waals surface area (Å²) in [6, 6.07) is 5.72. The van der Waals surface area contributed by atoms with Crippen molar-refractivity contribution in [1.29, 1.82) is 5.41 Å². The fraction of sp³-hybridized carbons (Fsp3) is 0.562. The first-order valence-electron chi connectivity index (χ1n) is 7.16. The molecule has 0 spiro atoms. The van der Waals surface area contributed by atoms with Crippen LogP contribution in [0.2, 0.25) is 0 Å². The Kier molecular flexibility index (Phi) is 6.40. The van der Waals surface area contributed by atoms with E-state index < -0.39 is 0 Å². The number of amidine groups is 1. The van der Waals surface area contributed by atoms with E-state index in [1.807, 2.05) is 25.1 Å². The lowest BCUT2D eigenvalue weighted by Crippen LogP contribution is -2.14. The maximum atomic E-state index is 7.46. The summed E-state index contributed by atoms with van der Waals surface area (Å²) in [5, 5.41) is 7.46. The molecule has 0 radical (unpaired) electrons. The smallest absolute Gasteiger partial charge is 0.123 e. The van der Waals surface area contributed by atoms with Crippen molar-refractivity contribution in [3.05, 3.63) is 29.3 Å². The van der Waals surface area contributed by atoms with Gasteiger partial charge in [0.05, 0.1) is 6.61 Å². The van der Waals surface area contributed by atoms with Crippen molar-refractivity contribution in [2.45, 2.75) is 46.5 Å². The highest BCUT2D eigenvalue weighted by Crippen LogP contribution is 2.19. The summed E-state index contributed by atoms with van der Waals surface area (Å²) in [4.78, 5) is 0. The minimum atomic E-state index is 0.110. The molecule has 0 aromatic heterocycles. The maximum absolute atomic E-state index is 7.46. The minimum absolute atomic E-state index is 0.110. The average Bonchev–Trinajstić information content (AvgIpc) is 2.38. The van der Waals surface area contributed by atoms with Crippen molar-refractivity contribution >= 4 is 5.84 Å². The molecule has 19 heavy (non-hydrogen) atoms. The molecule has 106 valence electrons. The first-order chi connectivity index (χ1) is 9.08. The van der Waals surface area contributed by atoms with Crippen LogP contribution >= 0.6 is 0 Å². The Balaban J connectivity index is 2.57. The number of benzene rings is 1. The van der Waals surface area contributed by atoms with Gasteiger partial charge in [-0.25, -0.2) is 0 Å². The molecule has 1 aromatic rings. The van der Waals surface area contributed by atoms with Gasteiger partial charge in [0.25, 0.3) is 0 Å². The van der Waals surface area contributed by atoms with E-state index in [4.69, 9.17) is 15.9 Å². The van der Waals surface area contributed by atoms with Crippen LogP contribution in [0.15, 0.2) is 18.2 Å². The second-order valence-corrected chi connectivity index (χ2v) is 5.12. The van der Waals surface area contributed by atoms with Crippen molar-refractivity contribution in [1.82, 2.24) is 0 Å². The summed E-state index contributed by atoms with van der Waals surface area (Å²) in [6.45, 7) is 7.17. The van der Waals surface area contributed by atoms with Crippen molar-refractivity contribution in [2.75, 3.05) is 6.61 Å². The Hall–Kier alpha value is -1.51. The topological polar surface area (TPSA) is 59.1 Å². The van der Waals surface area contributed by atoms with Crippen LogP contribution in [0.3, 0.4) is 0 Å². The average molecular weight is 262 g/mol. The van der Waals surface area contributed by atoms with Crippen LogP contribution in [0.4, 0.5) is 0 Å². The predicted octanol–water partition coefficient (Wildman–Crippen LogP) is 3.87. The number of unbranched alkanes of at least 4 members (excludes halogenated alkanes) is 1. The molecule has 3 heteroatoms. The molecule has 0 fully saturated rings. The van der Waals surface area contributed by atoms with Crippen LogP contribution in [-0.4, -0.2) is 12.4 Å². The van der Waals surface area contributed by atoms with Gasteiger partial charge >= 0.3 is 0 Å². The number of nitrogen functional groups attached to an aromatic ring is 1. The standard InChI is InChI=1S/C16H26N2O/c1-4-6-7-13(5-2)11-19-14-8-9-15(16(17)18)12(3)10-14/h8-10,13H,4-7,11H2,1-3H3,(H3,17,18). The number of nitrogens with one attached hydrogen (secondary N) is 1. The Morgan fingerprint density at radius 2 is 2.11 bits per heavy atom. The fourth-order valence-corrected chi connectivity index (χ4v) is 2.14. The van der Waals surface area contributed by atoms with Gasteiger partial charge in [-0.05, 0) is 43.0 Å². The zero-order chi connectivity index (χ0) is 14.3. The summed E-state index contributed by atoms with van der Waals surface area (Å²) < 4.78 is 5.86. The van der Waals surface area contributed by atoms with Crippen LogP contribution in [0.1, 0.15) is 50.7 Å². The van der Waals surface area contributed by atoms with Gasteiger partial charge in [-0.2, -0.15) is 0 Å². The Morgan fingerprint density at radius 1 is 1.37 bits per heavy atom. The van der Waals surface area contributed by atoms with Gasteiger partial charge in [0.1, 0.15) is 11.6 Å². The van der Waals surface area contributed by atoms with E-state index in [2.05, 4.69) is 13.8 Å². The molecular formula is C16H26N2O. The highest BCUT2D eigenvalue weighted by Gasteiger charge is 2.08. The van der Waals surface area contributed by atoms with Crippen LogP contribution < -0.4 is 10.5 Å². The molecule has 1 aromatic carbocycles. The van der Waals surface area contributed by atoms with Gasteiger partial charge in [-0.1, -0.05) is 33.1 Å². The van der Waals surface area contributed by atoms with Crippen LogP contribution in [0.5, 0.6) is 5.75 Å². The third-order valence-corrected chi connectivity index (χ3v) is 3.52. The summed E-state index contributed by atoms with van der Waals surface area (Å²) in [7, 11) is 0. The molecule has 0 heterocycles. The lowest BCUT2D eigenvalue weighted by molar-refractivity contribution is 0.233. The lowest BCUT2D eigenvalue weighted by atomic mass is 10.0. The number of aryl methyl sites for hydroxylation is 1. The van der Waals surface area contributed by atoms with E-state index in [1.165, 1.54) is 19.3 Å². The molecular weight excluding hydrogens is 236 g/mol. The molecule has 1 rings (SSSR count).